The summed E-state index contributed by atoms with van der Waals surface area (Å²) >= 11 is 12.1. The number of aryl methyl sites for hydroxylation is 1. The summed E-state index contributed by atoms with van der Waals surface area (Å²) in [4.78, 5) is 23.7. The third-order valence-electron chi connectivity index (χ3n) is 4.35. The molecular formula is C21H20Cl2N4O3. The standard InChI is InChI=1S/C21H20Cl2N4O3/c1-2-3-5-14-12-18(25-21(30)24-17-7-4-6-16(22)19(17)23)27(26-14)15-10-8-13(9-11-15)20(28)29/h4,6-12H,2-3,5H2,1H3,(H,28,29)(H2,24,25,30). The fraction of sp³-hybridized carbons (Fsp3) is 0.190. The lowest BCUT2D eigenvalue weighted by molar-refractivity contribution is 0.0697. The summed E-state index contributed by atoms with van der Waals surface area (Å²) in [6.45, 7) is 2.09. The lowest BCUT2D eigenvalue weighted by Gasteiger charge is -2.11. The van der Waals surface area contributed by atoms with Crippen molar-refractivity contribution in [1.29, 1.82) is 0 Å². The average Bonchev–Trinajstić information content (AvgIpc) is 3.12. The monoisotopic (exact) mass is 446 g/mol. The molecule has 7 nitrogen and oxygen atoms in total. The second-order valence-corrected chi connectivity index (χ2v) is 7.35. The van der Waals surface area contributed by atoms with Gasteiger partial charge in [-0.25, -0.2) is 14.3 Å². The highest BCUT2D eigenvalue weighted by Crippen LogP contribution is 2.29. The number of aromatic nitrogens is 2. The molecule has 3 N–H and O–H groups in total. The zero-order chi connectivity index (χ0) is 21.7. The molecular weight excluding hydrogens is 427 g/mol. The quantitative estimate of drug-likeness (QED) is 0.423. The van der Waals surface area contributed by atoms with Gasteiger partial charge in [0.1, 0.15) is 5.82 Å². The van der Waals surface area contributed by atoms with Crippen LogP contribution in [0.5, 0.6) is 0 Å². The number of unbranched alkanes of at least 4 members (excludes halogenated alkanes) is 1. The van der Waals surface area contributed by atoms with Crippen LogP contribution in [0, 0.1) is 0 Å². The largest absolute Gasteiger partial charge is 0.478 e. The van der Waals surface area contributed by atoms with E-state index in [4.69, 9.17) is 28.3 Å². The maximum atomic E-state index is 12.6. The number of nitrogens with zero attached hydrogens (tertiary/aromatic N) is 2. The number of carbonyl (C=O) groups excluding carboxylic acids is 1. The van der Waals surface area contributed by atoms with Crippen LogP contribution in [-0.2, 0) is 6.42 Å². The molecule has 0 fully saturated rings. The van der Waals surface area contributed by atoms with Gasteiger partial charge in [-0.1, -0.05) is 42.6 Å². The van der Waals surface area contributed by atoms with E-state index < -0.39 is 12.0 Å². The predicted octanol–water partition coefficient (Wildman–Crippen LogP) is 5.86. The Morgan fingerprint density at radius 1 is 1.10 bits per heavy atom. The number of hydrogen-bond acceptors (Lipinski definition) is 3. The number of carbonyl (C=O) groups is 2. The van der Waals surface area contributed by atoms with Crippen molar-refractivity contribution in [2.45, 2.75) is 26.2 Å². The van der Waals surface area contributed by atoms with Gasteiger partial charge in [-0.2, -0.15) is 5.10 Å². The molecule has 9 heteroatoms. The molecule has 0 aliphatic carbocycles. The van der Waals surface area contributed by atoms with E-state index in [1.807, 2.05) is 0 Å². The van der Waals surface area contributed by atoms with E-state index in [2.05, 4.69) is 22.7 Å². The Morgan fingerprint density at radius 3 is 2.50 bits per heavy atom. The van der Waals surface area contributed by atoms with Gasteiger partial charge in [-0.15, -0.1) is 0 Å². The van der Waals surface area contributed by atoms with Crippen LogP contribution in [0.4, 0.5) is 16.3 Å². The summed E-state index contributed by atoms with van der Waals surface area (Å²) in [5, 5.41) is 19.7. The van der Waals surface area contributed by atoms with Crippen LogP contribution in [0.2, 0.25) is 10.0 Å². The number of hydrogen-bond donors (Lipinski definition) is 3. The van der Waals surface area contributed by atoms with Gasteiger partial charge in [0.15, 0.2) is 0 Å². The number of carboxylic acid groups (broad SMARTS) is 1. The summed E-state index contributed by atoms with van der Waals surface area (Å²) in [6.07, 6.45) is 2.72. The molecule has 0 aliphatic rings. The van der Waals surface area contributed by atoms with E-state index in [1.165, 1.54) is 12.1 Å². The van der Waals surface area contributed by atoms with E-state index in [1.54, 1.807) is 41.1 Å². The van der Waals surface area contributed by atoms with Crippen LogP contribution in [0.3, 0.4) is 0 Å². The van der Waals surface area contributed by atoms with Gasteiger partial charge in [0, 0.05) is 6.07 Å². The lowest BCUT2D eigenvalue weighted by atomic mass is 10.2. The molecule has 2 amide bonds. The van der Waals surface area contributed by atoms with Gasteiger partial charge in [0.05, 0.1) is 32.7 Å². The average molecular weight is 447 g/mol. The molecule has 0 radical (unpaired) electrons. The molecule has 0 unspecified atom stereocenters. The molecule has 156 valence electrons. The molecule has 3 rings (SSSR count). The minimum atomic E-state index is -1.01. The van der Waals surface area contributed by atoms with E-state index >= 15 is 0 Å². The van der Waals surface area contributed by atoms with Crippen LogP contribution in [0.1, 0.15) is 35.8 Å². The smallest absolute Gasteiger partial charge is 0.335 e. The first-order chi connectivity index (χ1) is 14.4. The van der Waals surface area contributed by atoms with Gasteiger partial charge >= 0.3 is 12.0 Å². The Balaban J connectivity index is 1.86. The molecule has 30 heavy (non-hydrogen) atoms. The summed E-state index contributed by atoms with van der Waals surface area (Å²) in [7, 11) is 0. The van der Waals surface area contributed by atoms with Crippen molar-refractivity contribution in [2.24, 2.45) is 0 Å². The Labute approximate surface area is 183 Å². The van der Waals surface area contributed by atoms with Crippen LogP contribution in [0.25, 0.3) is 5.69 Å². The van der Waals surface area contributed by atoms with E-state index in [0.717, 1.165) is 25.0 Å². The molecule has 1 heterocycles. The minimum absolute atomic E-state index is 0.167. The summed E-state index contributed by atoms with van der Waals surface area (Å²) in [5.74, 6) is -0.568. The number of carboxylic acids is 1. The highest BCUT2D eigenvalue weighted by atomic mass is 35.5. The fourth-order valence-corrected chi connectivity index (χ4v) is 3.16. The van der Waals surface area contributed by atoms with Crippen LogP contribution in [0.15, 0.2) is 48.5 Å². The van der Waals surface area contributed by atoms with E-state index in [0.29, 0.717) is 22.2 Å². The van der Waals surface area contributed by atoms with Crippen LogP contribution in [-0.4, -0.2) is 26.9 Å². The highest BCUT2D eigenvalue weighted by molar-refractivity contribution is 6.44. The third-order valence-corrected chi connectivity index (χ3v) is 5.17. The molecule has 0 spiro atoms. The predicted molar refractivity (Wildman–Crippen MR) is 118 cm³/mol. The number of urea groups is 1. The topological polar surface area (TPSA) is 96.2 Å². The molecule has 1 aromatic heterocycles. The number of anilines is 2. The lowest BCUT2D eigenvalue weighted by Crippen LogP contribution is -2.21. The summed E-state index contributed by atoms with van der Waals surface area (Å²) in [5.41, 5.74) is 1.98. The number of benzene rings is 2. The Morgan fingerprint density at radius 2 is 1.83 bits per heavy atom. The van der Waals surface area contributed by atoms with Gasteiger partial charge in [-0.05, 0) is 49.2 Å². The number of halogens is 2. The molecule has 0 atom stereocenters. The van der Waals surface area contributed by atoms with Crippen molar-refractivity contribution in [1.82, 2.24) is 9.78 Å². The molecule has 0 saturated carbocycles. The van der Waals surface area contributed by atoms with Crippen molar-refractivity contribution in [3.8, 4) is 5.69 Å². The van der Waals surface area contributed by atoms with Crippen molar-refractivity contribution in [3.05, 3.63) is 69.8 Å². The van der Waals surface area contributed by atoms with Gasteiger partial charge in [0.2, 0.25) is 0 Å². The van der Waals surface area contributed by atoms with Gasteiger partial charge < -0.3 is 10.4 Å². The maximum absolute atomic E-state index is 12.6. The first-order valence-corrected chi connectivity index (χ1v) is 10.1. The number of nitrogens with one attached hydrogen (secondary N) is 2. The summed E-state index contributed by atoms with van der Waals surface area (Å²) in [6, 6.07) is 12.5. The van der Waals surface area contributed by atoms with Crippen molar-refractivity contribution in [3.63, 3.8) is 0 Å². The molecule has 0 aliphatic heterocycles. The maximum Gasteiger partial charge on any atom is 0.335 e. The Kier molecular flexibility index (Phi) is 6.97. The zero-order valence-corrected chi connectivity index (χ0v) is 17.7. The van der Waals surface area contributed by atoms with Crippen molar-refractivity contribution < 1.29 is 14.7 Å². The molecule has 2 aromatic carbocycles. The number of rotatable bonds is 7. The Hall–Kier alpha value is -3.03. The SMILES string of the molecule is CCCCc1cc(NC(=O)Nc2cccc(Cl)c2Cl)n(-c2ccc(C(=O)O)cc2)n1. The van der Waals surface area contributed by atoms with Gasteiger partial charge in [0.25, 0.3) is 0 Å². The van der Waals surface area contributed by atoms with Crippen molar-refractivity contribution in [2.75, 3.05) is 10.6 Å². The van der Waals surface area contributed by atoms with E-state index in [9.17, 15) is 9.59 Å². The van der Waals surface area contributed by atoms with Crippen LogP contribution < -0.4 is 10.6 Å². The van der Waals surface area contributed by atoms with Crippen molar-refractivity contribution >= 4 is 46.7 Å². The minimum Gasteiger partial charge on any atom is -0.478 e. The first-order valence-electron chi connectivity index (χ1n) is 9.33. The number of aromatic carboxylic acids is 1. The molecule has 3 aromatic rings. The number of amides is 2. The highest BCUT2D eigenvalue weighted by Gasteiger charge is 2.15. The normalized spacial score (nSPS) is 10.6. The summed E-state index contributed by atoms with van der Waals surface area (Å²) < 4.78 is 1.57. The van der Waals surface area contributed by atoms with E-state index in [-0.39, 0.29) is 10.6 Å². The second kappa shape index (κ2) is 9.65. The van der Waals surface area contributed by atoms with Crippen LogP contribution >= 0.6 is 23.2 Å². The first kappa shape index (κ1) is 21.7. The Bertz CT molecular complexity index is 1060. The zero-order valence-electron chi connectivity index (χ0n) is 16.2. The fourth-order valence-electron chi connectivity index (χ4n) is 2.81. The van der Waals surface area contributed by atoms with Gasteiger partial charge in [-0.3, -0.25) is 5.32 Å². The second-order valence-electron chi connectivity index (χ2n) is 6.57. The molecule has 0 bridgehead atoms. The third kappa shape index (κ3) is 5.11. The molecule has 0 saturated heterocycles.